The molecule has 0 saturated heterocycles. The summed E-state index contributed by atoms with van der Waals surface area (Å²) < 4.78 is 6.88. The van der Waals surface area contributed by atoms with E-state index >= 15 is 0 Å². The predicted octanol–water partition coefficient (Wildman–Crippen LogP) is 1.48. The largest absolute Gasteiger partial charge is 0.466 e. The van der Waals surface area contributed by atoms with Crippen LogP contribution in [0.1, 0.15) is 38.3 Å². The molecule has 5 heteroatoms. The summed E-state index contributed by atoms with van der Waals surface area (Å²) >= 11 is 0. The zero-order chi connectivity index (χ0) is 13.5. The van der Waals surface area contributed by atoms with Gasteiger partial charge in [-0.1, -0.05) is 6.92 Å². The predicted molar refractivity (Wildman–Crippen MR) is 68.1 cm³/mol. The van der Waals surface area contributed by atoms with Gasteiger partial charge >= 0.3 is 5.97 Å². The van der Waals surface area contributed by atoms with Gasteiger partial charge in [-0.25, -0.2) is 4.98 Å². The van der Waals surface area contributed by atoms with Crippen molar-refractivity contribution >= 4 is 5.97 Å². The number of carbonyl (C=O) groups is 1. The minimum absolute atomic E-state index is 0.0253. The molecule has 0 spiro atoms. The van der Waals surface area contributed by atoms with Gasteiger partial charge in [0.1, 0.15) is 0 Å². The number of aliphatic hydroxyl groups is 1. The minimum Gasteiger partial charge on any atom is -0.466 e. The third-order valence-electron chi connectivity index (χ3n) is 3.21. The lowest BCUT2D eigenvalue weighted by Gasteiger charge is -2.24. The van der Waals surface area contributed by atoms with Crippen LogP contribution in [0.3, 0.4) is 0 Å². The molecule has 5 nitrogen and oxygen atoms in total. The molecule has 102 valence electrons. The van der Waals surface area contributed by atoms with Crippen LogP contribution in [0.15, 0.2) is 12.5 Å². The first-order valence-electron chi connectivity index (χ1n) is 6.36. The smallest absolute Gasteiger partial charge is 0.306 e. The number of ether oxygens (including phenoxy) is 1. The highest BCUT2D eigenvalue weighted by atomic mass is 16.5. The van der Waals surface area contributed by atoms with Gasteiger partial charge in [0.05, 0.1) is 19.4 Å². The Labute approximate surface area is 108 Å². The molecule has 0 aromatic carbocycles. The van der Waals surface area contributed by atoms with Gasteiger partial charge in [0.25, 0.3) is 0 Å². The van der Waals surface area contributed by atoms with Gasteiger partial charge in [0.2, 0.25) is 0 Å². The number of nitrogens with zero attached hydrogens (tertiary/aromatic N) is 2. The Morgan fingerprint density at radius 1 is 1.56 bits per heavy atom. The van der Waals surface area contributed by atoms with E-state index in [4.69, 9.17) is 4.74 Å². The highest BCUT2D eigenvalue weighted by Gasteiger charge is 2.26. The van der Waals surface area contributed by atoms with Crippen molar-refractivity contribution in [3.63, 3.8) is 0 Å². The highest BCUT2D eigenvalue weighted by Crippen LogP contribution is 2.29. The highest BCUT2D eigenvalue weighted by molar-refractivity contribution is 5.69. The molecule has 0 bridgehead atoms. The normalized spacial score (nSPS) is 14.2. The zero-order valence-corrected chi connectivity index (χ0v) is 11.3. The van der Waals surface area contributed by atoms with Crippen molar-refractivity contribution in [2.45, 2.75) is 32.6 Å². The van der Waals surface area contributed by atoms with E-state index in [0.29, 0.717) is 6.61 Å². The van der Waals surface area contributed by atoms with E-state index in [0.717, 1.165) is 12.1 Å². The number of aryl methyl sites for hydroxylation is 1. The minimum atomic E-state index is -0.253. The molecule has 2 unspecified atom stereocenters. The number of esters is 1. The number of carbonyl (C=O) groups excluding carboxylic acids is 1. The van der Waals surface area contributed by atoms with Gasteiger partial charge in [-0.2, -0.15) is 0 Å². The Hall–Kier alpha value is -1.36. The summed E-state index contributed by atoms with van der Waals surface area (Å²) in [6.07, 6.45) is 4.62. The van der Waals surface area contributed by atoms with E-state index in [2.05, 4.69) is 4.98 Å². The maximum atomic E-state index is 11.5. The van der Waals surface area contributed by atoms with Gasteiger partial charge in [-0.3, -0.25) is 4.79 Å². The van der Waals surface area contributed by atoms with Crippen LogP contribution in [-0.4, -0.2) is 33.8 Å². The molecule has 0 radical (unpaired) electrons. The Morgan fingerprint density at radius 2 is 2.28 bits per heavy atom. The Bertz CT molecular complexity index is 376. The van der Waals surface area contributed by atoms with Crippen molar-refractivity contribution in [3.05, 3.63) is 18.2 Å². The lowest BCUT2D eigenvalue weighted by Crippen LogP contribution is -2.23. The second-order valence-corrected chi connectivity index (χ2v) is 4.40. The quantitative estimate of drug-likeness (QED) is 0.748. The van der Waals surface area contributed by atoms with Crippen molar-refractivity contribution in [2.24, 2.45) is 13.0 Å². The SMILES string of the molecule is CCOC(=O)CC(CO)C(CC)c1cncn1C. The molecular weight excluding hydrogens is 232 g/mol. The van der Waals surface area contributed by atoms with Crippen LogP contribution in [0.5, 0.6) is 0 Å². The fraction of sp³-hybridized carbons (Fsp3) is 0.692. The molecule has 0 saturated carbocycles. The van der Waals surface area contributed by atoms with Gasteiger partial charge in [0, 0.05) is 37.4 Å². The van der Waals surface area contributed by atoms with Crippen molar-refractivity contribution in [1.29, 1.82) is 0 Å². The van der Waals surface area contributed by atoms with E-state index in [-0.39, 0.29) is 30.8 Å². The van der Waals surface area contributed by atoms with E-state index in [1.165, 1.54) is 0 Å². The molecule has 0 aliphatic carbocycles. The second kappa shape index (κ2) is 7.16. The average Bonchev–Trinajstić information content (AvgIpc) is 2.76. The van der Waals surface area contributed by atoms with Crippen LogP contribution in [0.2, 0.25) is 0 Å². The molecule has 0 fully saturated rings. The average molecular weight is 254 g/mol. The molecule has 1 rings (SSSR count). The van der Waals surface area contributed by atoms with Crippen LogP contribution in [-0.2, 0) is 16.6 Å². The van der Waals surface area contributed by atoms with Gasteiger partial charge in [0.15, 0.2) is 0 Å². The van der Waals surface area contributed by atoms with Gasteiger partial charge < -0.3 is 14.4 Å². The standard InChI is InChI=1S/C13H22N2O3/c1-4-11(12-7-14-9-15(12)3)10(8-16)6-13(17)18-5-2/h7,9-11,16H,4-6,8H2,1-3H3. The summed E-state index contributed by atoms with van der Waals surface area (Å²) in [5, 5.41) is 9.50. The van der Waals surface area contributed by atoms with E-state index in [9.17, 15) is 9.90 Å². The van der Waals surface area contributed by atoms with Crippen LogP contribution in [0.25, 0.3) is 0 Å². The summed E-state index contributed by atoms with van der Waals surface area (Å²) in [7, 11) is 1.92. The lowest BCUT2D eigenvalue weighted by atomic mass is 9.85. The number of aromatic nitrogens is 2. The Balaban J connectivity index is 2.78. The van der Waals surface area contributed by atoms with Crippen molar-refractivity contribution < 1.29 is 14.6 Å². The van der Waals surface area contributed by atoms with Crippen LogP contribution in [0.4, 0.5) is 0 Å². The van der Waals surface area contributed by atoms with Crippen molar-refractivity contribution in [1.82, 2.24) is 9.55 Å². The lowest BCUT2D eigenvalue weighted by molar-refractivity contribution is -0.144. The van der Waals surface area contributed by atoms with Crippen LogP contribution in [0, 0.1) is 5.92 Å². The molecule has 0 amide bonds. The summed E-state index contributed by atoms with van der Waals surface area (Å²) in [5.74, 6) is -0.256. The fourth-order valence-corrected chi connectivity index (χ4v) is 2.28. The molecule has 1 heterocycles. The maximum Gasteiger partial charge on any atom is 0.306 e. The third kappa shape index (κ3) is 3.57. The third-order valence-corrected chi connectivity index (χ3v) is 3.21. The summed E-state index contributed by atoms with van der Waals surface area (Å²) in [4.78, 5) is 15.6. The van der Waals surface area contributed by atoms with Crippen molar-refractivity contribution in [2.75, 3.05) is 13.2 Å². The number of imidazole rings is 1. The molecule has 1 aromatic rings. The van der Waals surface area contributed by atoms with E-state index in [1.807, 2.05) is 18.5 Å². The summed E-state index contributed by atoms with van der Waals surface area (Å²) in [5.41, 5.74) is 1.04. The van der Waals surface area contributed by atoms with Crippen molar-refractivity contribution in [3.8, 4) is 0 Å². The first-order chi connectivity index (χ1) is 8.63. The second-order valence-electron chi connectivity index (χ2n) is 4.40. The monoisotopic (exact) mass is 254 g/mol. The molecule has 0 aliphatic heterocycles. The maximum absolute atomic E-state index is 11.5. The Morgan fingerprint density at radius 3 is 2.72 bits per heavy atom. The van der Waals surface area contributed by atoms with Gasteiger partial charge in [-0.05, 0) is 13.3 Å². The number of hydrogen-bond donors (Lipinski definition) is 1. The van der Waals surface area contributed by atoms with Crippen LogP contribution < -0.4 is 0 Å². The number of hydrogen-bond acceptors (Lipinski definition) is 4. The van der Waals surface area contributed by atoms with Crippen LogP contribution >= 0.6 is 0 Å². The number of aliphatic hydroxyl groups excluding tert-OH is 1. The fourth-order valence-electron chi connectivity index (χ4n) is 2.28. The molecule has 2 atom stereocenters. The zero-order valence-electron chi connectivity index (χ0n) is 11.3. The molecular formula is C13H22N2O3. The van der Waals surface area contributed by atoms with E-state index < -0.39 is 0 Å². The van der Waals surface area contributed by atoms with E-state index in [1.54, 1.807) is 19.4 Å². The summed E-state index contributed by atoms with van der Waals surface area (Å²) in [6, 6.07) is 0. The first kappa shape index (κ1) is 14.7. The van der Waals surface area contributed by atoms with Gasteiger partial charge in [-0.15, -0.1) is 0 Å². The Kier molecular flexibility index (Phi) is 5.85. The number of rotatable bonds is 7. The molecule has 1 aromatic heterocycles. The molecule has 18 heavy (non-hydrogen) atoms. The molecule has 0 aliphatic rings. The molecule has 1 N–H and O–H groups in total. The summed E-state index contributed by atoms with van der Waals surface area (Å²) in [6.45, 7) is 4.18. The topological polar surface area (TPSA) is 64.3 Å². The first-order valence-corrected chi connectivity index (χ1v) is 6.36.